The summed E-state index contributed by atoms with van der Waals surface area (Å²) in [7, 11) is -1.98. The summed E-state index contributed by atoms with van der Waals surface area (Å²) in [5.74, 6) is 0. The van der Waals surface area contributed by atoms with Crippen LogP contribution in [-0.2, 0) is 10.0 Å². The maximum absolute atomic E-state index is 12.6. The first-order valence-electron chi connectivity index (χ1n) is 6.73. The molecule has 116 valence electrons. The smallest absolute Gasteiger partial charge is 0.289 e. The zero-order chi connectivity index (χ0) is 15.7. The highest BCUT2D eigenvalue weighted by Crippen LogP contribution is 2.30. The molecule has 7 nitrogen and oxygen atoms in total. The van der Waals surface area contributed by atoms with Gasteiger partial charge in [-0.3, -0.25) is 10.1 Å². The zero-order valence-electron chi connectivity index (χ0n) is 12.1. The minimum Gasteiger partial charge on any atom is -0.314 e. The summed E-state index contributed by atoms with van der Waals surface area (Å²) in [6, 6.07) is 5.47. The van der Waals surface area contributed by atoms with E-state index in [9.17, 15) is 18.5 Å². The van der Waals surface area contributed by atoms with Crippen molar-refractivity contribution in [2.45, 2.75) is 30.2 Å². The zero-order valence-corrected chi connectivity index (χ0v) is 12.9. The Kier molecular flexibility index (Phi) is 4.31. The van der Waals surface area contributed by atoms with Gasteiger partial charge in [-0.05, 0) is 32.9 Å². The summed E-state index contributed by atoms with van der Waals surface area (Å²) in [6.07, 6.45) is 1.34. The Morgan fingerprint density at radius 2 is 1.86 bits per heavy atom. The van der Waals surface area contributed by atoms with Gasteiger partial charge in [0.1, 0.15) is 0 Å². The standard InChI is InChI=1S/C13H19N3O4S/c1-13(14-2)7-9-15(10-8-13)21(19,20)12-6-4-3-5-11(12)16(17)18/h3-6,14H,7-10H2,1-2H3. The van der Waals surface area contributed by atoms with Crippen molar-refractivity contribution in [3.63, 3.8) is 0 Å². The van der Waals surface area contributed by atoms with E-state index in [0.29, 0.717) is 25.9 Å². The molecule has 0 spiro atoms. The van der Waals surface area contributed by atoms with E-state index >= 15 is 0 Å². The topological polar surface area (TPSA) is 92.6 Å². The lowest BCUT2D eigenvalue weighted by Gasteiger charge is -2.38. The minimum absolute atomic E-state index is 0.0886. The van der Waals surface area contributed by atoms with Gasteiger partial charge in [-0.15, -0.1) is 0 Å². The highest BCUT2D eigenvalue weighted by Gasteiger charge is 2.37. The van der Waals surface area contributed by atoms with Crippen molar-refractivity contribution in [2.75, 3.05) is 20.1 Å². The van der Waals surface area contributed by atoms with Crippen molar-refractivity contribution >= 4 is 15.7 Å². The van der Waals surface area contributed by atoms with Crippen molar-refractivity contribution in [3.05, 3.63) is 34.4 Å². The molecule has 0 atom stereocenters. The van der Waals surface area contributed by atoms with Crippen molar-refractivity contribution in [1.82, 2.24) is 9.62 Å². The van der Waals surface area contributed by atoms with Gasteiger partial charge in [0, 0.05) is 24.7 Å². The molecule has 0 amide bonds. The molecule has 1 aliphatic rings. The molecule has 1 fully saturated rings. The van der Waals surface area contributed by atoms with Crippen LogP contribution in [0, 0.1) is 10.1 Å². The first-order chi connectivity index (χ1) is 9.80. The van der Waals surface area contributed by atoms with Gasteiger partial charge < -0.3 is 5.32 Å². The molecule has 0 unspecified atom stereocenters. The van der Waals surface area contributed by atoms with Crippen LogP contribution in [0.25, 0.3) is 0 Å². The minimum atomic E-state index is -3.83. The maximum atomic E-state index is 12.6. The van der Waals surface area contributed by atoms with Gasteiger partial charge >= 0.3 is 0 Å². The van der Waals surface area contributed by atoms with E-state index in [-0.39, 0.29) is 16.1 Å². The number of hydrogen-bond acceptors (Lipinski definition) is 5. The monoisotopic (exact) mass is 313 g/mol. The van der Waals surface area contributed by atoms with Crippen LogP contribution in [0.1, 0.15) is 19.8 Å². The lowest BCUT2D eigenvalue weighted by molar-refractivity contribution is -0.387. The van der Waals surface area contributed by atoms with Gasteiger partial charge in [-0.25, -0.2) is 8.42 Å². The second-order valence-corrected chi connectivity index (χ2v) is 7.35. The summed E-state index contributed by atoms with van der Waals surface area (Å²) in [4.78, 5) is 10.1. The van der Waals surface area contributed by atoms with E-state index in [2.05, 4.69) is 5.32 Å². The molecule has 0 bridgehead atoms. The fourth-order valence-corrected chi connectivity index (χ4v) is 4.03. The van der Waals surface area contributed by atoms with Crippen LogP contribution in [0.2, 0.25) is 0 Å². The molecular formula is C13H19N3O4S. The second kappa shape index (κ2) is 5.70. The fourth-order valence-electron chi connectivity index (χ4n) is 2.44. The third-order valence-electron chi connectivity index (χ3n) is 4.11. The molecule has 1 heterocycles. The number of nitro benzene ring substituents is 1. The van der Waals surface area contributed by atoms with E-state index in [1.165, 1.54) is 28.6 Å². The summed E-state index contributed by atoms with van der Waals surface area (Å²) < 4.78 is 26.6. The van der Waals surface area contributed by atoms with Gasteiger partial charge in [-0.1, -0.05) is 12.1 Å². The predicted octanol–water partition coefficient (Wildman–Crippen LogP) is 1.36. The molecular weight excluding hydrogens is 294 g/mol. The van der Waals surface area contributed by atoms with E-state index in [0.717, 1.165) is 0 Å². The lowest BCUT2D eigenvalue weighted by atomic mass is 9.91. The molecule has 21 heavy (non-hydrogen) atoms. The molecule has 2 rings (SSSR count). The van der Waals surface area contributed by atoms with Gasteiger partial charge in [0.2, 0.25) is 10.0 Å². The quantitative estimate of drug-likeness (QED) is 0.669. The third-order valence-corrected chi connectivity index (χ3v) is 6.06. The van der Waals surface area contributed by atoms with Crippen LogP contribution >= 0.6 is 0 Å². The number of nitro groups is 1. The van der Waals surface area contributed by atoms with Gasteiger partial charge in [0.15, 0.2) is 4.90 Å². The number of benzene rings is 1. The Hall–Kier alpha value is -1.51. The van der Waals surface area contributed by atoms with E-state index in [4.69, 9.17) is 0 Å². The average Bonchev–Trinajstić information content (AvgIpc) is 2.47. The van der Waals surface area contributed by atoms with Crippen LogP contribution in [-0.4, -0.2) is 43.3 Å². The number of hydrogen-bond donors (Lipinski definition) is 1. The molecule has 1 N–H and O–H groups in total. The van der Waals surface area contributed by atoms with E-state index < -0.39 is 14.9 Å². The van der Waals surface area contributed by atoms with Crippen molar-refractivity contribution in [3.8, 4) is 0 Å². The van der Waals surface area contributed by atoms with Crippen LogP contribution in [0.4, 0.5) is 5.69 Å². The molecule has 0 radical (unpaired) electrons. The summed E-state index contributed by atoms with van der Waals surface area (Å²) in [6.45, 7) is 2.75. The number of para-hydroxylation sites is 1. The fraction of sp³-hybridized carbons (Fsp3) is 0.538. The summed E-state index contributed by atoms with van der Waals surface area (Å²) in [5.41, 5.74) is -0.464. The van der Waals surface area contributed by atoms with Crippen LogP contribution < -0.4 is 5.32 Å². The van der Waals surface area contributed by atoms with Crippen LogP contribution in [0.5, 0.6) is 0 Å². The highest BCUT2D eigenvalue weighted by atomic mass is 32.2. The van der Waals surface area contributed by atoms with E-state index in [1.807, 2.05) is 14.0 Å². The molecule has 1 aromatic carbocycles. The molecule has 8 heteroatoms. The third kappa shape index (κ3) is 3.07. The number of rotatable bonds is 4. The second-order valence-electron chi connectivity index (χ2n) is 5.44. The first kappa shape index (κ1) is 15.9. The SMILES string of the molecule is CNC1(C)CCN(S(=O)(=O)c2ccccc2[N+](=O)[O-])CC1. The Morgan fingerprint density at radius 3 is 2.38 bits per heavy atom. The van der Waals surface area contributed by atoms with Gasteiger partial charge in [0.25, 0.3) is 5.69 Å². The molecule has 0 aliphatic carbocycles. The number of nitrogens with one attached hydrogen (secondary N) is 1. The highest BCUT2D eigenvalue weighted by molar-refractivity contribution is 7.89. The van der Waals surface area contributed by atoms with Crippen LogP contribution in [0.15, 0.2) is 29.2 Å². The van der Waals surface area contributed by atoms with Crippen LogP contribution in [0.3, 0.4) is 0 Å². The predicted molar refractivity (Wildman–Crippen MR) is 78.6 cm³/mol. The Morgan fingerprint density at radius 1 is 1.29 bits per heavy atom. The van der Waals surface area contributed by atoms with Gasteiger partial charge in [0.05, 0.1) is 4.92 Å². The first-order valence-corrected chi connectivity index (χ1v) is 8.17. The number of nitrogens with zero attached hydrogens (tertiary/aromatic N) is 2. The average molecular weight is 313 g/mol. The molecule has 1 aliphatic heterocycles. The van der Waals surface area contributed by atoms with E-state index in [1.54, 1.807) is 0 Å². The number of piperidine rings is 1. The lowest BCUT2D eigenvalue weighted by Crippen LogP contribution is -2.51. The van der Waals surface area contributed by atoms with Crippen molar-refractivity contribution in [2.24, 2.45) is 0 Å². The van der Waals surface area contributed by atoms with Crippen molar-refractivity contribution in [1.29, 1.82) is 0 Å². The Labute approximate surface area is 124 Å². The molecule has 1 saturated heterocycles. The van der Waals surface area contributed by atoms with Crippen molar-refractivity contribution < 1.29 is 13.3 Å². The van der Waals surface area contributed by atoms with Gasteiger partial charge in [-0.2, -0.15) is 4.31 Å². The molecule has 0 aromatic heterocycles. The normalized spacial score (nSPS) is 19.3. The summed E-state index contributed by atoms with van der Waals surface area (Å²) >= 11 is 0. The Balaban J connectivity index is 2.30. The summed E-state index contributed by atoms with van der Waals surface area (Å²) in [5, 5.41) is 14.2. The largest absolute Gasteiger partial charge is 0.314 e. The number of sulfonamides is 1. The Bertz CT molecular complexity index is 637. The molecule has 1 aromatic rings. The maximum Gasteiger partial charge on any atom is 0.289 e. The molecule has 0 saturated carbocycles.